The highest BCUT2D eigenvalue weighted by Crippen LogP contribution is 2.45. The molecule has 2 fully saturated rings. The Morgan fingerprint density at radius 1 is 1.16 bits per heavy atom. The number of aliphatic hydroxyl groups is 2. The summed E-state index contributed by atoms with van der Waals surface area (Å²) in [6.45, 7) is 0.633. The quantitative estimate of drug-likeness (QED) is 0.534. The third-order valence-electron chi connectivity index (χ3n) is 6.40. The highest BCUT2D eigenvalue weighted by molar-refractivity contribution is 5.93. The van der Waals surface area contributed by atoms with Gasteiger partial charge in [-0.2, -0.15) is 0 Å². The van der Waals surface area contributed by atoms with E-state index in [2.05, 4.69) is 0 Å². The number of carboxylic acid groups (broad SMARTS) is 1. The number of carbonyl (C=O) groups excluding carboxylic acids is 1. The number of Topliss-reactive ketones (excluding diaryl/α,β-unsaturated/α-hetero) is 1. The summed E-state index contributed by atoms with van der Waals surface area (Å²) < 4.78 is 17.1. The molecule has 1 heterocycles. The third-order valence-corrected chi connectivity index (χ3v) is 6.40. The van der Waals surface area contributed by atoms with Crippen molar-refractivity contribution in [1.29, 1.82) is 0 Å². The molecule has 0 amide bonds. The van der Waals surface area contributed by atoms with Crippen molar-refractivity contribution in [3.05, 3.63) is 29.8 Å². The Morgan fingerprint density at radius 2 is 1.78 bits per heavy atom. The van der Waals surface area contributed by atoms with Gasteiger partial charge in [-0.1, -0.05) is 31.4 Å². The number of ketones is 1. The fraction of sp³-hybridized carbons (Fsp3) is 0.652. The van der Waals surface area contributed by atoms with Crippen LogP contribution in [0.2, 0.25) is 0 Å². The highest BCUT2D eigenvalue weighted by Gasteiger charge is 2.52. The average molecular weight is 452 g/mol. The molecule has 0 spiro atoms. The first-order valence-electron chi connectivity index (χ1n) is 10.9. The fourth-order valence-electron chi connectivity index (χ4n) is 4.74. The first-order valence-corrected chi connectivity index (χ1v) is 10.9. The second-order valence-corrected chi connectivity index (χ2v) is 8.89. The van der Waals surface area contributed by atoms with Gasteiger partial charge in [-0.05, 0) is 44.6 Å². The van der Waals surface area contributed by atoms with Crippen molar-refractivity contribution in [2.24, 2.45) is 0 Å². The molecule has 1 aromatic carbocycles. The Kier molecular flexibility index (Phi) is 7.89. The van der Waals surface area contributed by atoms with Crippen molar-refractivity contribution in [2.45, 2.75) is 68.2 Å². The van der Waals surface area contributed by atoms with Crippen LogP contribution in [0.25, 0.3) is 0 Å². The minimum absolute atomic E-state index is 0.135. The molecule has 178 valence electrons. The Balaban J connectivity index is 1.97. The summed E-state index contributed by atoms with van der Waals surface area (Å²) in [7, 11) is 5.52. The summed E-state index contributed by atoms with van der Waals surface area (Å²) in [5.74, 6) is -1.90. The number of aliphatic carboxylic acids is 1. The van der Waals surface area contributed by atoms with E-state index in [4.69, 9.17) is 14.2 Å². The minimum atomic E-state index is -1.94. The minimum Gasteiger partial charge on any atom is -0.497 e. The Labute approximate surface area is 187 Å². The largest absolute Gasteiger partial charge is 0.497 e. The molecule has 0 aromatic heterocycles. The standard InChI is InChI=1S/C23H33NO8/c1-24(2)13-16(14-7-9-15(30-3)10-8-14)23(11-5-4-6-12-23)32-22-19(27)17(25)18(26)20(31-22)21(28)29/h7-10,16,18-20,22,26-27H,4-6,11-13H2,1-3H3,(H,28,29). The summed E-state index contributed by atoms with van der Waals surface area (Å²) in [5, 5.41) is 29.8. The van der Waals surface area contributed by atoms with Gasteiger partial charge in [-0.15, -0.1) is 0 Å². The SMILES string of the molecule is COc1ccc(C(CN(C)C)C2(OC3OC(C(=O)O)C(O)C(=O)C3O)CCCCC2)cc1. The number of carbonyl (C=O) groups is 2. The summed E-state index contributed by atoms with van der Waals surface area (Å²) in [6.07, 6.45) is -2.83. The van der Waals surface area contributed by atoms with E-state index in [1.54, 1.807) is 7.11 Å². The predicted molar refractivity (Wildman–Crippen MR) is 115 cm³/mol. The number of aliphatic hydroxyl groups excluding tert-OH is 2. The molecule has 5 unspecified atom stereocenters. The lowest BCUT2D eigenvalue weighted by atomic mass is 9.72. The lowest BCUT2D eigenvalue weighted by Crippen LogP contribution is -2.61. The molecule has 1 saturated heterocycles. The first-order chi connectivity index (χ1) is 15.2. The number of methoxy groups -OCH3 is 1. The van der Waals surface area contributed by atoms with Crippen molar-refractivity contribution in [3.63, 3.8) is 0 Å². The summed E-state index contributed by atoms with van der Waals surface area (Å²) in [4.78, 5) is 25.9. The molecule has 9 heteroatoms. The monoisotopic (exact) mass is 451 g/mol. The second-order valence-electron chi connectivity index (χ2n) is 8.89. The molecule has 5 atom stereocenters. The van der Waals surface area contributed by atoms with Crippen molar-refractivity contribution < 1.29 is 39.1 Å². The van der Waals surface area contributed by atoms with Crippen molar-refractivity contribution in [2.75, 3.05) is 27.7 Å². The van der Waals surface area contributed by atoms with E-state index >= 15 is 0 Å². The van der Waals surface area contributed by atoms with Gasteiger partial charge in [0.1, 0.15) is 5.75 Å². The molecule has 1 saturated carbocycles. The number of hydrogen-bond donors (Lipinski definition) is 3. The Morgan fingerprint density at radius 3 is 2.31 bits per heavy atom. The number of likely N-dealkylation sites (N-methyl/N-ethyl adjacent to an activating group) is 1. The number of benzene rings is 1. The lowest BCUT2D eigenvalue weighted by molar-refractivity contribution is -0.292. The number of hydrogen-bond acceptors (Lipinski definition) is 8. The first kappa shape index (κ1) is 24.6. The van der Waals surface area contributed by atoms with Crippen LogP contribution in [-0.2, 0) is 19.1 Å². The normalized spacial score (nSPS) is 29.0. The highest BCUT2D eigenvalue weighted by atomic mass is 16.7. The Bertz CT molecular complexity index is 790. The van der Waals surface area contributed by atoms with E-state index in [9.17, 15) is 24.9 Å². The molecule has 9 nitrogen and oxygen atoms in total. The summed E-state index contributed by atoms with van der Waals surface area (Å²) in [6, 6.07) is 7.70. The summed E-state index contributed by atoms with van der Waals surface area (Å²) in [5.41, 5.74) is 0.224. The number of rotatable bonds is 8. The van der Waals surface area contributed by atoms with Crippen LogP contribution in [0.4, 0.5) is 0 Å². The molecule has 2 aliphatic rings. The van der Waals surface area contributed by atoms with E-state index in [-0.39, 0.29) is 5.92 Å². The molecule has 3 N–H and O–H groups in total. The number of carboxylic acids is 1. The van der Waals surface area contributed by atoms with Crippen LogP contribution in [-0.4, -0.2) is 89.9 Å². The van der Waals surface area contributed by atoms with Crippen molar-refractivity contribution in [1.82, 2.24) is 4.90 Å². The Hall–Kier alpha value is -2.04. The summed E-state index contributed by atoms with van der Waals surface area (Å²) >= 11 is 0. The zero-order chi connectivity index (χ0) is 23.5. The molecular formula is C23H33NO8. The molecule has 32 heavy (non-hydrogen) atoms. The van der Waals surface area contributed by atoms with E-state index in [1.165, 1.54) is 0 Å². The molecule has 1 aliphatic heterocycles. The van der Waals surface area contributed by atoms with E-state index in [0.717, 1.165) is 30.6 Å². The van der Waals surface area contributed by atoms with Gasteiger partial charge in [0.15, 0.2) is 30.4 Å². The van der Waals surface area contributed by atoms with Crippen LogP contribution < -0.4 is 4.74 Å². The maximum atomic E-state index is 12.3. The zero-order valence-corrected chi connectivity index (χ0v) is 18.8. The molecule has 1 aliphatic carbocycles. The molecular weight excluding hydrogens is 418 g/mol. The van der Waals surface area contributed by atoms with Gasteiger partial charge < -0.3 is 34.4 Å². The van der Waals surface area contributed by atoms with Gasteiger partial charge in [0, 0.05) is 12.5 Å². The van der Waals surface area contributed by atoms with Crippen LogP contribution in [0, 0.1) is 0 Å². The van der Waals surface area contributed by atoms with E-state index < -0.39 is 42.0 Å². The van der Waals surface area contributed by atoms with Crippen LogP contribution in [0.1, 0.15) is 43.6 Å². The van der Waals surface area contributed by atoms with Gasteiger partial charge in [0.2, 0.25) is 0 Å². The predicted octanol–water partition coefficient (Wildman–Crippen LogP) is 1.16. The van der Waals surface area contributed by atoms with Crippen LogP contribution >= 0.6 is 0 Å². The maximum Gasteiger partial charge on any atom is 0.336 e. The van der Waals surface area contributed by atoms with Gasteiger partial charge >= 0.3 is 5.97 Å². The van der Waals surface area contributed by atoms with E-state index in [1.807, 2.05) is 43.3 Å². The van der Waals surface area contributed by atoms with Gasteiger partial charge in [-0.3, -0.25) is 4.79 Å². The van der Waals surface area contributed by atoms with Crippen LogP contribution in [0.3, 0.4) is 0 Å². The second kappa shape index (κ2) is 10.3. The van der Waals surface area contributed by atoms with Gasteiger partial charge in [-0.25, -0.2) is 4.79 Å². The van der Waals surface area contributed by atoms with Gasteiger partial charge in [0.05, 0.1) is 12.7 Å². The number of nitrogens with zero attached hydrogens (tertiary/aromatic N) is 1. The van der Waals surface area contributed by atoms with E-state index in [0.29, 0.717) is 19.4 Å². The molecule has 1 aromatic rings. The molecule has 0 radical (unpaired) electrons. The van der Waals surface area contributed by atoms with Gasteiger partial charge in [0.25, 0.3) is 0 Å². The zero-order valence-electron chi connectivity index (χ0n) is 18.8. The smallest absolute Gasteiger partial charge is 0.336 e. The maximum absolute atomic E-state index is 12.3. The molecule has 0 bridgehead atoms. The topological polar surface area (TPSA) is 126 Å². The van der Waals surface area contributed by atoms with Crippen LogP contribution in [0.5, 0.6) is 5.75 Å². The van der Waals surface area contributed by atoms with Crippen molar-refractivity contribution >= 4 is 11.8 Å². The lowest BCUT2D eigenvalue weighted by Gasteiger charge is -2.48. The van der Waals surface area contributed by atoms with Crippen molar-refractivity contribution in [3.8, 4) is 5.75 Å². The van der Waals surface area contributed by atoms with Crippen LogP contribution in [0.15, 0.2) is 24.3 Å². The average Bonchev–Trinajstić information content (AvgIpc) is 2.78. The third kappa shape index (κ3) is 5.13. The molecule has 3 rings (SSSR count). The number of ether oxygens (including phenoxy) is 3. The fourth-order valence-corrected chi connectivity index (χ4v) is 4.74.